The first-order valence-corrected chi connectivity index (χ1v) is 20.6. The van der Waals surface area contributed by atoms with E-state index in [0.717, 1.165) is 49.8 Å². The zero-order valence-electron chi connectivity index (χ0n) is 34.8. The van der Waals surface area contributed by atoms with Crippen LogP contribution in [0.1, 0.15) is 139 Å². The van der Waals surface area contributed by atoms with Crippen molar-refractivity contribution in [1.29, 1.82) is 0 Å². The SMILES string of the molecule is CC(C)C1=C2C3CCC4C(C)(CCC5(O)C(C)(C)C(OCC(C=O)C(C)(C)C(=O)O)CCC45C)C3(C)CCC2(C=CC(=O)NC(C)c2ccncn2)CC1=O. The maximum absolute atomic E-state index is 14.0. The molecule has 1 aromatic heterocycles. The number of ketones is 1. The van der Waals surface area contributed by atoms with Gasteiger partial charge in [-0.3, -0.25) is 14.4 Å². The number of hydrogen-bond acceptors (Lipinski definition) is 8. The minimum atomic E-state index is -1.27. The maximum Gasteiger partial charge on any atom is 0.309 e. The first kappa shape index (κ1) is 41.4. The number of aldehydes is 1. The molecule has 3 N–H and O–H groups in total. The number of ether oxygens (including phenoxy) is 1. The van der Waals surface area contributed by atoms with Crippen LogP contribution in [0, 0.1) is 56.2 Å². The molecule has 0 radical (unpaired) electrons. The minimum Gasteiger partial charge on any atom is -0.481 e. The van der Waals surface area contributed by atoms with Gasteiger partial charge in [0.05, 0.1) is 41.4 Å². The maximum atomic E-state index is 14.0. The number of hydrogen-bond donors (Lipinski definition) is 3. The van der Waals surface area contributed by atoms with Crippen LogP contribution >= 0.6 is 0 Å². The molecule has 1 amide bonds. The van der Waals surface area contributed by atoms with Crippen LogP contribution in [0.3, 0.4) is 0 Å². The van der Waals surface area contributed by atoms with Crippen molar-refractivity contribution in [2.45, 2.75) is 145 Å². The highest BCUT2D eigenvalue weighted by Crippen LogP contribution is 2.77. The van der Waals surface area contributed by atoms with E-state index in [1.165, 1.54) is 11.9 Å². The van der Waals surface area contributed by atoms with Gasteiger partial charge >= 0.3 is 5.97 Å². The molecule has 6 rings (SSSR count). The summed E-state index contributed by atoms with van der Waals surface area (Å²) in [5.74, 6) is -1.37. The number of aliphatic hydroxyl groups is 1. The van der Waals surface area contributed by atoms with Crippen LogP contribution in [0.2, 0.25) is 0 Å². The molecule has 0 aromatic carbocycles. The molecule has 10 unspecified atom stereocenters. The molecular formula is C45H65N3O7. The van der Waals surface area contributed by atoms with Gasteiger partial charge in [-0.05, 0) is 124 Å². The number of aromatic nitrogens is 2. The molecule has 55 heavy (non-hydrogen) atoms. The van der Waals surface area contributed by atoms with Crippen LogP contribution in [0.25, 0.3) is 0 Å². The lowest BCUT2D eigenvalue weighted by Crippen LogP contribution is -2.73. The monoisotopic (exact) mass is 759 g/mol. The number of amides is 1. The van der Waals surface area contributed by atoms with Crippen LogP contribution in [0.15, 0.2) is 41.9 Å². The molecule has 0 bridgehead atoms. The summed E-state index contributed by atoms with van der Waals surface area (Å²) in [6, 6.07) is 1.50. The zero-order valence-corrected chi connectivity index (χ0v) is 34.8. The van der Waals surface area contributed by atoms with Crippen molar-refractivity contribution in [3.63, 3.8) is 0 Å². The number of carboxylic acids is 1. The summed E-state index contributed by atoms with van der Waals surface area (Å²) in [4.78, 5) is 59.7. The van der Waals surface area contributed by atoms with Gasteiger partial charge in [0.25, 0.3) is 0 Å². The van der Waals surface area contributed by atoms with Crippen LogP contribution in [-0.2, 0) is 23.9 Å². The Balaban J connectivity index is 1.28. The van der Waals surface area contributed by atoms with Crippen molar-refractivity contribution in [1.82, 2.24) is 15.3 Å². The summed E-state index contributed by atoms with van der Waals surface area (Å²) in [5, 5.41) is 25.9. The molecule has 10 heteroatoms. The molecule has 0 spiro atoms. The fourth-order valence-corrected chi connectivity index (χ4v) is 12.9. The Hall–Kier alpha value is -3.24. The first-order chi connectivity index (χ1) is 25.6. The lowest BCUT2D eigenvalue weighted by Gasteiger charge is -2.74. The number of carbonyl (C=O) groups is 4. The Labute approximate surface area is 327 Å². The van der Waals surface area contributed by atoms with E-state index >= 15 is 0 Å². The summed E-state index contributed by atoms with van der Waals surface area (Å²) in [6.07, 6.45) is 14.1. The minimum absolute atomic E-state index is 0.00453. The molecule has 302 valence electrons. The second kappa shape index (κ2) is 14.0. The van der Waals surface area contributed by atoms with Gasteiger partial charge in [-0.1, -0.05) is 54.5 Å². The van der Waals surface area contributed by atoms with Gasteiger partial charge in [0, 0.05) is 28.9 Å². The van der Waals surface area contributed by atoms with Crippen LogP contribution < -0.4 is 5.32 Å². The van der Waals surface area contributed by atoms with Gasteiger partial charge in [-0.2, -0.15) is 0 Å². The highest BCUT2D eigenvalue weighted by atomic mass is 16.5. The molecule has 1 aromatic rings. The highest BCUT2D eigenvalue weighted by molar-refractivity contribution is 6.01. The standard InChI is InChI=1S/C45H65N3O7/c1-27(2)36-32(50)23-44(17-14-35(51)48-28(3)31-15-22-46-26-47-31)20-18-41(8)30(37(36)44)11-12-33-42(41,9)19-21-45(54)40(6,7)34(13-16-43(33,45)10)55-25-29(24-49)39(4,5)38(52)53/h14-15,17,22,24,26-30,33-34,54H,11-13,16,18-21,23,25H2,1-10H3,(H,48,51)(H,52,53). The predicted octanol–water partition coefficient (Wildman–Crippen LogP) is 7.62. The molecule has 0 saturated heterocycles. The van der Waals surface area contributed by atoms with Crippen molar-refractivity contribution < 1.29 is 34.1 Å². The van der Waals surface area contributed by atoms with E-state index in [9.17, 15) is 29.4 Å². The lowest BCUT2D eigenvalue weighted by atomic mass is 9.32. The Morgan fingerprint density at radius 2 is 1.69 bits per heavy atom. The number of carboxylic acid groups (broad SMARTS) is 1. The lowest BCUT2D eigenvalue weighted by molar-refractivity contribution is -0.308. The quantitative estimate of drug-likeness (QED) is 0.153. The van der Waals surface area contributed by atoms with Crippen LogP contribution in [0.5, 0.6) is 0 Å². The van der Waals surface area contributed by atoms with E-state index in [0.29, 0.717) is 25.5 Å². The number of carbonyl (C=O) groups excluding carboxylic acids is 3. The van der Waals surface area contributed by atoms with Crippen molar-refractivity contribution in [3.05, 3.63) is 47.6 Å². The van der Waals surface area contributed by atoms with Crippen molar-refractivity contribution in [3.8, 4) is 0 Å². The Kier molecular flexibility index (Phi) is 10.5. The molecule has 10 atom stereocenters. The molecule has 5 aliphatic carbocycles. The summed E-state index contributed by atoms with van der Waals surface area (Å²) in [6.45, 7) is 20.7. The Bertz CT molecular complexity index is 1770. The van der Waals surface area contributed by atoms with E-state index in [4.69, 9.17) is 4.74 Å². The summed E-state index contributed by atoms with van der Waals surface area (Å²) in [7, 11) is 0. The van der Waals surface area contributed by atoms with Gasteiger partial charge in [0.15, 0.2) is 5.78 Å². The van der Waals surface area contributed by atoms with Gasteiger partial charge in [0.1, 0.15) is 12.6 Å². The Morgan fingerprint density at radius 1 is 1.00 bits per heavy atom. The van der Waals surface area contributed by atoms with Gasteiger partial charge in [-0.25, -0.2) is 9.97 Å². The third kappa shape index (κ3) is 6.09. The number of nitrogens with one attached hydrogen (secondary N) is 1. The molecule has 10 nitrogen and oxygen atoms in total. The van der Waals surface area contributed by atoms with Crippen molar-refractivity contribution >= 4 is 23.9 Å². The van der Waals surface area contributed by atoms with Gasteiger partial charge in [-0.15, -0.1) is 0 Å². The second-order valence-electron chi connectivity index (χ2n) is 20.1. The summed E-state index contributed by atoms with van der Waals surface area (Å²) < 4.78 is 6.47. The number of fused-ring (bicyclic) bond motifs is 7. The van der Waals surface area contributed by atoms with E-state index < -0.39 is 39.1 Å². The van der Waals surface area contributed by atoms with E-state index in [-0.39, 0.29) is 59.0 Å². The fourth-order valence-electron chi connectivity index (χ4n) is 12.9. The van der Waals surface area contributed by atoms with Gasteiger partial charge < -0.3 is 25.1 Å². The Morgan fingerprint density at radius 3 is 2.31 bits per heavy atom. The number of allylic oxidation sites excluding steroid dienone is 3. The summed E-state index contributed by atoms with van der Waals surface area (Å²) in [5.41, 5.74) is -1.16. The molecule has 4 fully saturated rings. The van der Waals surface area contributed by atoms with E-state index in [2.05, 4.69) is 63.8 Å². The smallest absolute Gasteiger partial charge is 0.309 e. The average molecular weight is 760 g/mol. The first-order valence-electron chi connectivity index (χ1n) is 20.6. The number of aliphatic carboxylic acids is 1. The molecule has 4 saturated carbocycles. The van der Waals surface area contributed by atoms with Crippen LogP contribution in [0.4, 0.5) is 0 Å². The second-order valence-corrected chi connectivity index (χ2v) is 20.1. The molecule has 0 aliphatic heterocycles. The van der Waals surface area contributed by atoms with Crippen molar-refractivity contribution in [2.24, 2.45) is 56.2 Å². The van der Waals surface area contributed by atoms with E-state index in [1.807, 2.05) is 13.0 Å². The molecule has 5 aliphatic rings. The fraction of sp³-hybridized carbons (Fsp3) is 0.733. The zero-order chi connectivity index (χ0) is 40.6. The number of Topliss-reactive ketones (excluding diaryl/α,β-unsaturated/α-hetero) is 1. The highest BCUT2D eigenvalue weighted by Gasteiger charge is 2.74. The normalized spacial score (nSPS) is 38.1. The largest absolute Gasteiger partial charge is 0.481 e. The van der Waals surface area contributed by atoms with Crippen molar-refractivity contribution in [2.75, 3.05) is 6.61 Å². The van der Waals surface area contributed by atoms with E-state index in [1.54, 1.807) is 32.2 Å². The summed E-state index contributed by atoms with van der Waals surface area (Å²) >= 11 is 0. The number of rotatable bonds is 11. The molecular weight excluding hydrogens is 695 g/mol. The predicted molar refractivity (Wildman–Crippen MR) is 209 cm³/mol. The van der Waals surface area contributed by atoms with Gasteiger partial charge in [0.2, 0.25) is 5.91 Å². The average Bonchev–Trinajstić information content (AvgIpc) is 3.43. The topological polar surface area (TPSA) is 156 Å². The third-order valence-corrected chi connectivity index (χ3v) is 16.8. The number of nitrogens with zero attached hydrogens (tertiary/aromatic N) is 2. The third-order valence-electron chi connectivity index (χ3n) is 16.8. The molecule has 1 heterocycles. The van der Waals surface area contributed by atoms with Crippen LogP contribution in [-0.4, -0.2) is 62.4 Å².